The molecule has 4 nitrogen and oxygen atoms in total. The van der Waals surface area contributed by atoms with Crippen molar-refractivity contribution in [2.45, 2.75) is 77.3 Å². The molecule has 0 aliphatic carbocycles. The maximum absolute atomic E-state index is 4.39. The van der Waals surface area contributed by atoms with Gasteiger partial charge in [0.15, 0.2) is 0 Å². The van der Waals surface area contributed by atoms with Crippen molar-refractivity contribution >= 4 is 43.6 Å². The Morgan fingerprint density at radius 2 is 0.763 bits per heavy atom. The minimum atomic E-state index is 1.08. The molecule has 0 atom stereocenters. The van der Waals surface area contributed by atoms with Gasteiger partial charge < -0.3 is 9.13 Å². The van der Waals surface area contributed by atoms with Crippen LogP contribution in [0.25, 0.3) is 43.6 Å². The number of aryl methyl sites for hydroxylation is 2. The van der Waals surface area contributed by atoms with Crippen LogP contribution in [-0.2, 0) is 13.1 Å². The van der Waals surface area contributed by atoms with Crippen molar-refractivity contribution < 1.29 is 0 Å². The van der Waals surface area contributed by atoms with Crippen LogP contribution < -0.4 is 0 Å². The van der Waals surface area contributed by atoms with E-state index >= 15 is 0 Å². The predicted octanol–water partition coefficient (Wildman–Crippen LogP) is 9.29. The third kappa shape index (κ3) is 5.05. The Balaban J connectivity index is 0.877. The number of rotatable bonds is 13. The lowest BCUT2D eigenvalue weighted by Crippen LogP contribution is -1.98. The topological polar surface area (TPSA) is 35.6 Å². The molecule has 0 saturated carbocycles. The van der Waals surface area contributed by atoms with E-state index in [2.05, 4.69) is 79.8 Å². The van der Waals surface area contributed by atoms with Crippen LogP contribution in [0.15, 0.2) is 85.5 Å². The zero-order valence-corrected chi connectivity index (χ0v) is 22.4. The molecule has 0 aliphatic rings. The molecule has 0 unspecified atom stereocenters. The van der Waals surface area contributed by atoms with Crippen molar-refractivity contribution in [1.29, 1.82) is 0 Å². The fourth-order valence-corrected chi connectivity index (χ4v) is 6.23. The van der Waals surface area contributed by atoms with E-state index in [9.17, 15) is 0 Å². The van der Waals surface area contributed by atoms with Gasteiger partial charge in [-0.25, -0.2) is 0 Å². The molecule has 0 spiro atoms. The van der Waals surface area contributed by atoms with E-state index in [1.165, 1.54) is 108 Å². The van der Waals surface area contributed by atoms with Gasteiger partial charge in [0.05, 0.1) is 23.4 Å². The summed E-state index contributed by atoms with van der Waals surface area (Å²) in [6.07, 6.45) is 21.1. The average Bonchev–Trinajstić information content (AvgIpc) is 3.46. The Hall–Kier alpha value is -3.66. The number of aromatic nitrogens is 4. The van der Waals surface area contributed by atoms with Crippen molar-refractivity contribution in [2.24, 2.45) is 0 Å². The van der Waals surface area contributed by atoms with Crippen LogP contribution in [0.3, 0.4) is 0 Å². The first-order valence-corrected chi connectivity index (χ1v) is 14.5. The van der Waals surface area contributed by atoms with E-state index in [0.717, 1.165) is 13.1 Å². The van der Waals surface area contributed by atoms with Gasteiger partial charge in [-0.2, -0.15) is 0 Å². The molecule has 6 rings (SSSR count). The molecule has 2 aromatic carbocycles. The third-order valence-corrected chi connectivity index (χ3v) is 8.17. The Kier molecular flexibility index (Phi) is 7.66. The molecule has 0 N–H and O–H groups in total. The lowest BCUT2D eigenvalue weighted by Gasteiger charge is -2.08. The fourth-order valence-electron chi connectivity index (χ4n) is 6.23. The summed E-state index contributed by atoms with van der Waals surface area (Å²) >= 11 is 0. The van der Waals surface area contributed by atoms with E-state index in [1.54, 1.807) is 0 Å². The highest BCUT2D eigenvalue weighted by atomic mass is 15.0. The number of pyridine rings is 2. The maximum atomic E-state index is 4.39. The molecule has 4 aromatic heterocycles. The van der Waals surface area contributed by atoms with Gasteiger partial charge in [-0.05, 0) is 37.1 Å². The zero-order chi connectivity index (χ0) is 25.6. The minimum absolute atomic E-state index is 1.08. The van der Waals surface area contributed by atoms with Gasteiger partial charge in [-0.3, -0.25) is 9.97 Å². The lowest BCUT2D eigenvalue weighted by atomic mass is 10.1. The summed E-state index contributed by atoms with van der Waals surface area (Å²) in [5, 5.41) is 5.33. The van der Waals surface area contributed by atoms with Gasteiger partial charge >= 0.3 is 0 Å². The molecule has 0 amide bonds. The number of para-hydroxylation sites is 2. The van der Waals surface area contributed by atoms with E-state index in [0.29, 0.717) is 0 Å². The molecule has 0 radical (unpaired) electrons. The first kappa shape index (κ1) is 24.7. The summed E-state index contributed by atoms with van der Waals surface area (Å²) in [5.41, 5.74) is 5.21. The van der Waals surface area contributed by atoms with Crippen LogP contribution in [0, 0.1) is 0 Å². The van der Waals surface area contributed by atoms with Crippen molar-refractivity contribution in [1.82, 2.24) is 19.1 Å². The summed E-state index contributed by atoms with van der Waals surface area (Å²) in [6, 6.07) is 21.8. The van der Waals surface area contributed by atoms with Gasteiger partial charge in [-0.15, -0.1) is 0 Å². The molecular formula is C34H38N4. The van der Waals surface area contributed by atoms with Crippen LogP contribution in [0.2, 0.25) is 0 Å². The average molecular weight is 503 g/mol. The van der Waals surface area contributed by atoms with Gasteiger partial charge in [0.2, 0.25) is 0 Å². The second-order valence-corrected chi connectivity index (χ2v) is 10.7. The minimum Gasteiger partial charge on any atom is -0.339 e. The number of hydrogen-bond acceptors (Lipinski definition) is 2. The highest BCUT2D eigenvalue weighted by molar-refractivity contribution is 6.08. The molecule has 4 heterocycles. The van der Waals surface area contributed by atoms with E-state index in [-0.39, 0.29) is 0 Å². The highest BCUT2D eigenvalue weighted by Crippen LogP contribution is 2.30. The molecule has 194 valence electrons. The Morgan fingerprint density at radius 3 is 1.21 bits per heavy atom. The van der Waals surface area contributed by atoms with Crippen LogP contribution >= 0.6 is 0 Å². The summed E-state index contributed by atoms with van der Waals surface area (Å²) in [6.45, 7) is 2.16. The standard InChI is InChI=1S/C34H38N4/c1(3-5-7-13-23-37-31-17-11-9-15-27(31)29-19-21-35-25-33(29)37)2-4-6-8-14-24-38-32-18-12-10-16-28(32)30-20-22-36-26-34(30)38/h9-12,15-22,25-26H,1-8,13-14,23-24H2. The molecule has 0 saturated heterocycles. The van der Waals surface area contributed by atoms with Crippen LogP contribution in [0.5, 0.6) is 0 Å². The fraction of sp³-hybridized carbons (Fsp3) is 0.353. The monoisotopic (exact) mass is 502 g/mol. The largest absolute Gasteiger partial charge is 0.339 e. The summed E-state index contributed by atoms with van der Waals surface area (Å²) in [4.78, 5) is 8.77. The SMILES string of the molecule is c1ccc2c(c1)c1ccncc1n2CCCCCCCCCCCCn1c2ccccc2c2ccncc21. The molecule has 4 heteroatoms. The van der Waals surface area contributed by atoms with Crippen LogP contribution in [0.1, 0.15) is 64.2 Å². The second kappa shape index (κ2) is 11.8. The smallest absolute Gasteiger partial charge is 0.0677 e. The Labute approximate surface area is 225 Å². The quantitative estimate of drug-likeness (QED) is 0.147. The van der Waals surface area contributed by atoms with Gasteiger partial charge in [0, 0.05) is 58.1 Å². The molecule has 0 fully saturated rings. The van der Waals surface area contributed by atoms with Crippen molar-refractivity contribution in [3.63, 3.8) is 0 Å². The molecule has 38 heavy (non-hydrogen) atoms. The molecule has 0 aliphatic heterocycles. The molecular weight excluding hydrogens is 464 g/mol. The Bertz CT molecular complexity index is 1410. The van der Waals surface area contributed by atoms with E-state index < -0.39 is 0 Å². The maximum Gasteiger partial charge on any atom is 0.0677 e. The van der Waals surface area contributed by atoms with Crippen molar-refractivity contribution in [2.75, 3.05) is 0 Å². The predicted molar refractivity (Wildman–Crippen MR) is 161 cm³/mol. The number of hydrogen-bond donors (Lipinski definition) is 0. The summed E-state index contributed by atoms with van der Waals surface area (Å²) in [5.74, 6) is 0. The first-order chi connectivity index (χ1) is 18.9. The Morgan fingerprint density at radius 1 is 0.395 bits per heavy atom. The van der Waals surface area contributed by atoms with Crippen LogP contribution in [0.4, 0.5) is 0 Å². The van der Waals surface area contributed by atoms with Crippen molar-refractivity contribution in [3.8, 4) is 0 Å². The van der Waals surface area contributed by atoms with Crippen molar-refractivity contribution in [3.05, 3.63) is 85.5 Å². The summed E-state index contributed by atoms with van der Waals surface area (Å²) < 4.78 is 4.93. The second-order valence-electron chi connectivity index (χ2n) is 10.7. The van der Waals surface area contributed by atoms with Crippen LogP contribution in [-0.4, -0.2) is 19.1 Å². The lowest BCUT2D eigenvalue weighted by molar-refractivity contribution is 0.529. The van der Waals surface area contributed by atoms with Gasteiger partial charge in [0.1, 0.15) is 0 Å². The van der Waals surface area contributed by atoms with Gasteiger partial charge in [0.25, 0.3) is 0 Å². The molecule has 6 aromatic rings. The molecule has 0 bridgehead atoms. The number of fused-ring (bicyclic) bond motifs is 6. The third-order valence-electron chi connectivity index (χ3n) is 8.17. The zero-order valence-electron chi connectivity index (χ0n) is 22.4. The summed E-state index contributed by atoms with van der Waals surface area (Å²) in [7, 11) is 0. The first-order valence-electron chi connectivity index (χ1n) is 14.5. The van der Waals surface area contributed by atoms with Gasteiger partial charge in [-0.1, -0.05) is 87.8 Å². The van der Waals surface area contributed by atoms with E-state index in [4.69, 9.17) is 0 Å². The number of nitrogens with zero attached hydrogens (tertiary/aromatic N) is 4. The normalized spacial score (nSPS) is 11.9. The van der Waals surface area contributed by atoms with E-state index in [1.807, 2.05) is 24.8 Å². The number of unbranched alkanes of at least 4 members (excludes halogenated alkanes) is 9. The number of benzene rings is 2. The highest BCUT2D eigenvalue weighted by Gasteiger charge is 2.10.